The first-order valence-electron chi connectivity index (χ1n) is 7.82. The second-order valence-electron chi connectivity index (χ2n) is 5.89. The molecule has 3 rings (SSSR count). The number of aryl methyl sites for hydroxylation is 1. The van der Waals surface area contributed by atoms with E-state index in [4.69, 9.17) is 4.42 Å². The van der Waals surface area contributed by atoms with Crippen LogP contribution in [-0.4, -0.2) is 41.9 Å². The minimum atomic E-state index is -0.644. The van der Waals surface area contributed by atoms with Crippen LogP contribution in [-0.2, 0) is 0 Å². The number of nitrogens with zero attached hydrogens (tertiary/aromatic N) is 3. The van der Waals surface area contributed by atoms with E-state index in [-0.39, 0.29) is 11.7 Å². The lowest BCUT2D eigenvalue weighted by Gasteiger charge is -2.36. The normalized spacial score (nSPS) is 14.8. The third-order valence-corrected chi connectivity index (χ3v) is 4.47. The van der Waals surface area contributed by atoms with Crippen LogP contribution in [0.4, 0.5) is 11.6 Å². The van der Waals surface area contributed by atoms with E-state index >= 15 is 0 Å². The summed E-state index contributed by atoms with van der Waals surface area (Å²) in [5.41, 5.74) is 3.68. The number of rotatable bonds is 3. The topological polar surface area (TPSA) is 79.8 Å². The maximum Gasteiger partial charge on any atom is 0.433 e. The highest BCUT2D eigenvalue weighted by Crippen LogP contribution is 2.24. The molecule has 7 heteroatoms. The monoisotopic (exact) mass is 329 g/mol. The summed E-state index contributed by atoms with van der Waals surface area (Å²) in [7, 11) is 0. The predicted octanol–water partition coefficient (Wildman–Crippen LogP) is 2.77. The van der Waals surface area contributed by atoms with E-state index in [1.54, 1.807) is 4.90 Å². The van der Waals surface area contributed by atoms with Gasteiger partial charge < -0.3 is 14.2 Å². The summed E-state index contributed by atoms with van der Waals surface area (Å²) in [6, 6.07) is 8.78. The van der Waals surface area contributed by atoms with Crippen LogP contribution in [0.1, 0.15) is 21.7 Å². The number of hydrogen-bond donors (Lipinski definition) is 0. The van der Waals surface area contributed by atoms with Gasteiger partial charge in [-0.2, -0.15) is 0 Å². The van der Waals surface area contributed by atoms with Crippen LogP contribution in [0.5, 0.6) is 0 Å². The van der Waals surface area contributed by atoms with Crippen LogP contribution in [0.2, 0.25) is 0 Å². The van der Waals surface area contributed by atoms with E-state index in [0.717, 1.165) is 13.1 Å². The molecule has 0 spiro atoms. The van der Waals surface area contributed by atoms with Crippen LogP contribution in [0, 0.1) is 24.0 Å². The Morgan fingerprint density at radius 1 is 1.12 bits per heavy atom. The fraction of sp³-hybridized carbons (Fsp3) is 0.353. The minimum Gasteiger partial charge on any atom is -0.395 e. The molecule has 1 aromatic heterocycles. The van der Waals surface area contributed by atoms with E-state index in [1.165, 1.54) is 28.9 Å². The van der Waals surface area contributed by atoms with Crippen molar-refractivity contribution in [2.75, 3.05) is 31.1 Å². The van der Waals surface area contributed by atoms with Crippen molar-refractivity contribution < 1.29 is 14.1 Å². The summed E-state index contributed by atoms with van der Waals surface area (Å²) in [6.45, 7) is 6.74. The number of benzene rings is 1. The summed E-state index contributed by atoms with van der Waals surface area (Å²) in [5.74, 6) is -0.696. The van der Waals surface area contributed by atoms with Crippen molar-refractivity contribution in [2.24, 2.45) is 0 Å². The lowest BCUT2D eigenvalue weighted by Crippen LogP contribution is -2.49. The zero-order chi connectivity index (χ0) is 17.3. The summed E-state index contributed by atoms with van der Waals surface area (Å²) < 4.78 is 5.00. The minimum absolute atomic E-state index is 0.0156. The lowest BCUT2D eigenvalue weighted by atomic mass is 10.1. The molecule has 1 amide bonds. The summed E-state index contributed by atoms with van der Waals surface area (Å²) in [4.78, 5) is 26.3. The van der Waals surface area contributed by atoms with Gasteiger partial charge in [0.2, 0.25) is 0 Å². The largest absolute Gasteiger partial charge is 0.433 e. The average Bonchev–Trinajstić information content (AvgIpc) is 3.07. The van der Waals surface area contributed by atoms with Crippen LogP contribution < -0.4 is 4.90 Å². The predicted molar refractivity (Wildman–Crippen MR) is 89.4 cm³/mol. The standard InChI is InChI=1S/C17H19N3O4/c1-12-4-3-5-14(13(12)2)18-8-10-19(11-9-18)17(21)15-6-7-16(24-15)20(22)23/h3-7H,8-11H2,1-2H3. The highest BCUT2D eigenvalue weighted by atomic mass is 16.6. The molecule has 126 valence electrons. The number of anilines is 1. The maximum atomic E-state index is 12.4. The molecular formula is C17H19N3O4. The van der Waals surface area contributed by atoms with Gasteiger partial charge >= 0.3 is 5.88 Å². The number of furan rings is 1. The molecule has 1 aliphatic rings. The smallest absolute Gasteiger partial charge is 0.395 e. The highest BCUT2D eigenvalue weighted by molar-refractivity contribution is 5.92. The van der Waals surface area contributed by atoms with E-state index in [9.17, 15) is 14.9 Å². The Labute approximate surface area is 139 Å². The number of amides is 1. The van der Waals surface area contributed by atoms with Gasteiger partial charge in [-0.1, -0.05) is 12.1 Å². The highest BCUT2D eigenvalue weighted by Gasteiger charge is 2.26. The number of hydrogen-bond acceptors (Lipinski definition) is 5. The molecule has 24 heavy (non-hydrogen) atoms. The Bertz CT molecular complexity index is 776. The Kier molecular flexibility index (Phi) is 4.24. The SMILES string of the molecule is Cc1cccc(N2CCN(C(=O)c3ccc([N+](=O)[O-])o3)CC2)c1C. The number of piperazine rings is 1. The second kappa shape index (κ2) is 6.35. The molecule has 1 saturated heterocycles. The van der Waals surface area contributed by atoms with Gasteiger partial charge in [0.15, 0.2) is 5.76 Å². The van der Waals surface area contributed by atoms with E-state index in [2.05, 4.69) is 30.9 Å². The van der Waals surface area contributed by atoms with Crippen LogP contribution in [0.15, 0.2) is 34.7 Å². The van der Waals surface area contributed by atoms with Crippen molar-refractivity contribution >= 4 is 17.5 Å². The first-order chi connectivity index (χ1) is 11.5. The zero-order valence-corrected chi connectivity index (χ0v) is 13.7. The molecule has 1 aliphatic heterocycles. The van der Waals surface area contributed by atoms with Crippen LogP contribution >= 0.6 is 0 Å². The Morgan fingerprint density at radius 2 is 1.83 bits per heavy atom. The molecule has 0 N–H and O–H groups in total. The van der Waals surface area contributed by atoms with Gasteiger partial charge in [0.25, 0.3) is 5.91 Å². The average molecular weight is 329 g/mol. The first kappa shape index (κ1) is 16.0. The number of carbonyl (C=O) groups is 1. The van der Waals surface area contributed by atoms with E-state index in [0.29, 0.717) is 13.1 Å². The van der Waals surface area contributed by atoms with Gasteiger partial charge in [-0.25, -0.2) is 0 Å². The van der Waals surface area contributed by atoms with Crippen LogP contribution in [0.3, 0.4) is 0 Å². The van der Waals surface area contributed by atoms with E-state index < -0.39 is 10.8 Å². The molecule has 0 atom stereocenters. The fourth-order valence-corrected chi connectivity index (χ4v) is 2.93. The van der Waals surface area contributed by atoms with E-state index in [1.807, 2.05) is 6.07 Å². The van der Waals surface area contributed by atoms with Crippen molar-refractivity contribution in [3.8, 4) is 0 Å². The molecule has 0 saturated carbocycles. The molecule has 7 nitrogen and oxygen atoms in total. The second-order valence-corrected chi connectivity index (χ2v) is 5.89. The van der Waals surface area contributed by atoms with Crippen molar-refractivity contribution in [3.05, 3.63) is 57.3 Å². The van der Waals surface area contributed by atoms with Gasteiger partial charge in [-0.3, -0.25) is 14.9 Å². The quantitative estimate of drug-likeness (QED) is 0.639. The molecule has 0 bridgehead atoms. The van der Waals surface area contributed by atoms with Crippen molar-refractivity contribution in [1.29, 1.82) is 0 Å². The first-order valence-corrected chi connectivity index (χ1v) is 7.82. The van der Waals surface area contributed by atoms with Crippen molar-refractivity contribution in [2.45, 2.75) is 13.8 Å². The van der Waals surface area contributed by atoms with Gasteiger partial charge in [0.1, 0.15) is 4.92 Å². The Morgan fingerprint density at radius 3 is 2.46 bits per heavy atom. The Hall–Kier alpha value is -2.83. The van der Waals surface area contributed by atoms with Crippen molar-refractivity contribution in [1.82, 2.24) is 4.90 Å². The summed E-state index contributed by atoms with van der Waals surface area (Å²) in [6.07, 6.45) is 0. The lowest BCUT2D eigenvalue weighted by molar-refractivity contribution is -0.402. The van der Waals surface area contributed by atoms with Gasteiger partial charge in [0.05, 0.1) is 6.07 Å². The zero-order valence-electron chi connectivity index (χ0n) is 13.7. The van der Waals surface area contributed by atoms with Gasteiger partial charge in [0, 0.05) is 31.9 Å². The van der Waals surface area contributed by atoms with Gasteiger partial charge in [-0.15, -0.1) is 0 Å². The molecule has 1 aromatic carbocycles. The molecule has 1 fully saturated rings. The molecule has 0 radical (unpaired) electrons. The third-order valence-electron chi connectivity index (χ3n) is 4.47. The van der Waals surface area contributed by atoms with Gasteiger partial charge in [-0.05, 0) is 37.1 Å². The number of carbonyl (C=O) groups excluding carboxylic acids is 1. The molecule has 2 heterocycles. The van der Waals surface area contributed by atoms with Crippen LogP contribution in [0.25, 0.3) is 0 Å². The maximum absolute atomic E-state index is 12.4. The molecule has 0 unspecified atom stereocenters. The number of nitro groups is 1. The van der Waals surface area contributed by atoms with Crippen molar-refractivity contribution in [3.63, 3.8) is 0 Å². The molecule has 0 aliphatic carbocycles. The third kappa shape index (κ3) is 2.97. The molecular weight excluding hydrogens is 310 g/mol. The summed E-state index contributed by atoms with van der Waals surface area (Å²) in [5, 5.41) is 10.7. The molecule has 2 aromatic rings. The fourth-order valence-electron chi connectivity index (χ4n) is 2.93. The summed E-state index contributed by atoms with van der Waals surface area (Å²) >= 11 is 0. The Balaban J connectivity index is 1.67.